The van der Waals surface area contributed by atoms with Crippen LogP contribution in [-0.4, -0.2) is 19.6 Å². The van der Waals surface area contributed by atoms with E-state index in [0.29, 0.717) is 11.8 Å². The van der Waals surface area contributed by atoms with Gasteiger partial charge in [-0.2, -0.15) is 10.2 Å². The van der Waals surface area contributed by atoms with E-state index in [4.69, 9.17) is 0 Å². The summed E-state index contributed by atoms with van der Waals surface area (Å²) in [4.78, 5) is 0. The van der Waals surface area contributed by atoms with Gasteiger partial charge in [-0.1, -0.05) is 13.8 Å². The summed E-state index contributed by atoms with van der Waals surface area (Å²) >= 11 is 0. The Balaban J connectivity index is 1.59. The van der Waals surface area contributed by atoms with Crippen LogP contribution in [0.25, 0.3) is 0 Å². The van der Waals surface area contributed by atoms with Crippen molar-refractivity contribution in [3.05, 3.63) is 29.7 Å². The number of rotatable bonds is 6. The monoisotopic (exact) mass is 273 g/mol. The Morgan fingerprint density at radius 1 is 1.40 bits per heavy atom. The molecule has 1 aliphatic carbocycles. The van der Waals surface area contributed by atoms with Gasteiger partial charge in [0.25, 0.3) is 0 Å². The van der Waals surface area contributed by atoms with Gasteiger partial charge in [0.15, 0.2) is 0 Å². The Morgan fingerprint density at radius 3 is 2.90 bits per heavy atom. The molecular formula is C15H23N5. The minimum absolute atomic E-state index is 0.619. The fraction of sp³-hybridized carbons (Fsp3) is 0.600. The van der Waals surface area contributed by atoms with Gasteiger partial charge >= 0.3 is 0 Å². The minimum Gasteiger partial charge on any atom is -0.366 e. The fourth-order valence-corrected chi connectivity index (χ4v) is 2.40. The zero-order chi connectivity index (χ0) is 14.1. The summed E-state index contributed by atoms with van der Waals surface area (Å²) < 4.78 is 3.95. The van der Waals surface area contributed by atoms with Crippen LogP contribution in [0.5, 0.6) is 0 Å². The molecule has 1 N–H and O–H groups in total. The van der Waals surface area contributed by atoms with E-state index in [1.54, 1.807) is 0 Å². The summed E-state index contributed by atoms with van der Waals surface area (Å²) in [6.07, 6.45) is 6.63. The van der Waals surface area contributed by atoms with Gasteiger partial charge in [0.05, 0.1) is 11.9 Å². The lowest BCUT2D eigenvalue weighted by Gasteiger charge is -2.05. The molecule has 1 aliphatic rings. The van der Waals surface area contributed by atoms with Crippen LogP contribution in [0.1, 0.15) is 43.9 Å². The molecule has 0 spiro atoms. The first kappa shape index (κ1) is 13.2. The molecule has 2 aromatic heterocycles. The lowest BCUT2D eigenvalue weighted by molar-refractivity contribution is 0.483. The Kier molecular flexibility index (Phi) is 3.51. The van der Waals surface area contributed by atoms with E-state index in [0.717, 1.165) is 18.9 Å². The summed E-state index contributed by atoms with van der Waals surface area (Å²) in [7, 11) is 2.00. The van der Waals surface area contributed by atoms with Gasteiger partial charge in [0, 0.05) is 43.9 Å². The number of nitrogens with one attached hydrogen (secondary N) is 1. The van der Waals surface area contributed by atoms with Crippen molar-refractivity contribution in [2.45, 2.75) is 45.7 Å². The lowest BCUT2D eigenvalue weighted by atomic mass is 10.2. The maximum absolute atomic E-state index is 4.56. The smallest absolute Gasteiger partial charge is 0.124 e. The lowest BCUT2D eigenvalue weighted by Crippen LogP contribution is -2.05. The molecule has 2 aromatic rings. The number of aromatic nitrogens is 4. The molecule has 20 heavy (non-hydrogen) atoms. The van der Waals surface area contributed by atoms with Crippen molar-refractivity contribution in [1.29, 1.82) is 0 Å². The van der Waals surface area contributed by atoms with Crippen molar-refractivity contribution >= 4 is 5.82 Å². The molecule has 0 radical (unpaired) electrons. The molecule has 5 heteroatoms. The fourth-order valence-electron chi connectivity index (χ4n) is 2.40. The predicted molar refractivity (Wildman–Crippen MR) is 79.6 cm³/mol. The van der Waals surface area contributed by atoms with E-state index in [1.165, 1.54) is 24.1 Å². The number of hydrogen-bond donors (Lipinski definition) is 1. The second-order valence-corrected chi connectivity index (χ2v) is 6.17. The zero-order valence-electron chi connectivity index (χ0n) is 12.5. The molecule has 0 bridgehead atoms. The minimum atomic E-state index is 0.619. The summed E-state index contributed by atoms with van der Waals surface area (Å²) in [5.41, 5.74) is 2.44. The van der Waals surface area contributed by atoms with E-state index in [9.17, 15) is 0 Å². The highest BCUT2D eigenvalue weighted by Gasteiger charge is 2.26. The summed E-state index contributed by atoms with van der Waals surface area (Å²) in [5.74, 6) is 2.41. The van der Waals surface area contributed by atoms with Gasteiger partial charge < -0.3 is 5.32 Å². The second kappa shape index (κ2) is 5.31. The average molecular weight is 273 g/mol. The van der Waals surface area contributed by atoms with Crippen molar-refractivity contribution < 1.29 is 0 Å². The summed E-state index contributed by atoms with van der Waals surface area (Å²) in [6, 6.07) is 2.18. The van der Waals surface area contributed by atoms with Crippen molar-refractivity contribution in [3.8, 4) is 0 Å². The molecule has 0 amide bonds. The van der Waals surface area contributed by atoms with E-state index < -0.39 is 0 Å². The Labute approximate surface area is 120 Å². The number of anilines is 1. The van der Waals surface area contributed by atoms with Crippen LogP contribution in [0.3, 0.4) is 0 Å². The van der Waals surface area contributed by atoms with Gasteiger partial charge in [-0.05, 0) is 18.8 Å². The average Bonchev–Trinajstić information content (AvgIpc) is 3.04. The Hall–Kier alpha value is -1.78. The molecule has 2 heterocycles. The Bertz CT molecular complexity index is 577. The van der Waals surface area contributed by atoms with Crippen molar-refractivity contribution in [1.82, 2.24) is 19.6 Å². The molecule has 0 saturated heterocycles. The van der Waals surface area contributed by atoms with Gasteiger partial charge in [0.2, 0.25) is 0 Å². The Morgan fingerprint density at radius 2 is 2.20 bits per heavy atom. The molecule has 0 atom stereocenters. The molecular weight excluding hydrogens is 250 g/mol. The van der Waals surface area contributed by atoms with Crippen LogP contribution in [0, 0.1) is 5.92 Å². The topological polar surface area (TPSA) is 47.7 Å². The van der Waals surface area contributed by atoms with Gasteiger partial charge in [-0.25, -0.2) is 0 Å². The highest BCUT2D eigenvalue weighted by atomic mass is 15.3. The maximum Gasteiger partial charge on any atom is 0.124 e. The third-order valence-corrected chi connectivity index (χ3v) is 3.61. The third kappa shape index (κ3) is 3.03. The molecule has 108 valence electrons. The first-order valence-electron chi connectivity index (χ1n) is 7.41. The molecule has 5 nitrogen and oxygen atoms in total. The van der Waals surface area contributed by atoms with Crippen LogP contribution >= 0.6 is 0 Å². The zero-order valence-corrected chi connectivity index (χ0v) is 12.5. The van der Waals surface area contributed by atoms with Gasteiger partial charge in [-0.3, -0.25) is 9.36 Å². The van der Waals surface area contributed by atoms with Crippen LogP contribution in [0.15, 0.2) is 18.5 Å². The third-order valence-electron chi connectivity index (χ3n) is 3.61. The van der Waals surface area contributed by atoms with Crippen LogP contribution in [0.4, 0.5) is 5.82 Å². The number of nitrogens with zero attached hydrogens (tertiary/aromatic N) is 4. The molecule has 3 rings (SSSR count). The molecule has 0 unspecified atom stereocenters. The normalized spacial score (nSPS) is 15.0. The van der Waals surface area contributed by atoms with E-state index in [2.05, 4.69) is 41.6 Å². The molecule has 1 saturated carbocycles. The highest BCUT2D eigenvalue weighted by molar-refractivity contribution is 5.39. The quantitative estimate of drug-likeness (QED) is 0.880. The maximum atomic E-state index is 4.56. The first-order chi connectivity index (χ1) is 9.61. The summed E-state index contributed by atoms with van der Waals surface area (Å²) in [5, 5.41) is 12.4. The van der Waals surface area contributed by atoms with E-state index >= 15 is 0 Å². The highest BCUT2D eigenvalue weighted by Crippen LogP contribution is 2.39. The largest absolute Gasteiger partial charge is 0.366 e. The van der Waals surface area contributed by atoms with Crippen molar-refractivity contribution in [2.75, 3.05) is 5.32 Å². The van der Waals surface area contributed by atoms with Crippen molar-refractivity contribution in [3.63, 3.8) is 0 Å². The predicted octanol–water partition coefficient (Wildman–Crippen LogP) is 2.76. The van der Waals surface area contributed by atoms with Crippen LogP contribution in [0.2, 0.25) is 0 Å². The summed E-state index contributed by atoms with van der Waals surface area (Å²) in [6.45, 7) is 6.17. The van der Waals surface area contributed by atoms with Crippen molar-refractivity contribution in [2.24, 2.45) is 13.0 Å². The SMILES string of the molecule is CC(C)Cn1cc(CNc2cc(C3CC3)nn2C)cn1. The van der Waals surface area contributed by atoms with Gasteiger partial charge in [-0.15, -0.1) is 0 Å². The van der Waals surface area contributed by atoms with Crippen LogP contribution in [-0.2, 0) is 20.1 Å². The molecule has 1 fully saturated rings. The number of aryl methyl sites for hydroxylation is 1. The first-order valence-corrected chi connectivity index (χ1v) is 7.41. The molecule has 0 aromatic carbocycles. The van der Waals surface area contributed by atoms with E-state index in [1.807, 2.05) is 22.6 Å². The number of hydrogen-bond acceptors (Lipinski definition) is 3. The standard InChI is InChI=1S/C15H23N5/c1-11(2)9-20-10-12(8-17-20)7-16-15-6-14(13-4-5-13)18-19(15)3/h6,8,10-11,13,16H,4-5,7,9H2,1-3H3. The van der Waals surface area contributed by atoms with Gasteiger partial charge in [0.1, 0.15) is 5.82 Å². The molecule has 0 aliphatic heterocycles. The van der Waals surface area contributed by atoms with E-state index in [-0.39, 0.29) is 0 Å². The van der Waals surface area contributed by atoms with Crippen LogP contribution < -0.4 is 5.32 Å². The second-order valence-electron chi connectivity index (χ2n) is 6.17.